The number of nitrogens with one attached hydrogen (secondary N) is 3. The normalized spacial score (nSPS) is 14.5. The van der Waals surface area contributed by atoms with Gasteiger partial charge < -0.3 is 43.4 Å². The van der Waals surface area contributed by atoms with Gasteiger partial charge in [-0.05, 0) is 38.2 Å². The van der Waals surface area contributed by atoms with E-state index in [1.165, 1.54) is 18.7 Å². The standard InChI is InChI=1S/C17H33N7O6S/c1-9(25)13(18)15(28)24-10(5-7-31-2)14(27)22-8-12(26)23-11(16(29)30)4-3-6-21-17(19)20/h9-11,13,25H,3-8,18H2,1-2H3,(H,22,27)(H,23,26)(H,24,28)(H,29,30)(H4,19,20,21). The number of carboxylic acid groups (broad SMARTS) is 1. The van der Waals surface area contributed by atoms with Crippen molar-refractivity contribution in [3.63, 3.8) is 0 Å². The van der Waals surface area contributed by atoms with Gasteiger partial charge in [-0.2, -0.15) is 11.8 Å². The Balaban J connectivity index is 4.74. The van der Waals surface area contributed by atoms with E-state index in [1.807, 2.05) is 6.26 Å². The minimum Gasteiger partial charge on any atom is -0.480 e. The summed E-state index contributed by atoms with van der Waals surface area (Å²) in [7, 11) is 0. The first-order valence-electron chi connectivity index (χ1n) is 9.57. The molecule has 0 fully saturated rings. The maximum Gasteiger partial charge on any atom is 0.326 e. The van der Waals surface area contributed by atoms with Gasteiger partial charge in [0.1, 0.15) is 18.1 Å². The second kappa shape index (κ2) is 15.3. The molecule has 0 saturated carbocycles. The van der Waals surface area contributed by atoms with E-state index in [-0.39, 0.29) is 25.3 Å². The van der Waals surface area contributed by atoms with Crippen molar-refractivity contribution in [3.05, 3.63) is 0 Å². The monoisotopic (exact) mass is 463 g/mol. The van der Waals surface area contributed by atoms with Gasteiger partial charge in [-0.3, -0.25) is 19.4 Å². The number of carbonyl (C=O) groups excluding carboxylic acids is 3. The largest absolute Gasteiger partial charge is 0.480 e. The van der Waals surface area contributed by atoms with Gasteiger partial charge in [0.25, 0.3) is 0 Å². The Morgan fingerprint density at radius 3 is 2.23 bits per heavy atom. The Morgan fingerprint density at radius 2 is 1.71 bits per heavy atom. The molecule has 0 aromatic rings. The van der Waals surface area contributed by atoms with Crippen molar-refractivity contribution < 1.29 is 29.4 Å². The molecular weight excluding hydrogens is 430 g/mol. The van der Waals surface area contributed by atoms with Crippen molar-refractivity contribution in [1.82, 2.24) is 16.0 Å². The number of thioether (sulfide) groups is 1. The highest BCUT2D eigenvalue weighted by atomic mass is 32.2. The number of guanidine groups is 1. The lowest BCUT2D eigenvalue weighted by molar-refractivity contribution is -0.142. The number of carboxylic acids is 1. The van der Waals surface area contributed by atoms with Crippen LogP contribution >= 0.6 is 11.8 Å². The highest BCUT2D eigenvalue weighted by molar-refractivity contribution is 7.98. The highest BCUT2D eigenvalue weighted by Gasteiger charge is 2.26. The summed E-state index contributed by atoms with van der Waals surface area (Å²) in [5.41, 5.74) is 15.9. The number of hydrogen-bond acceptors (Lipinski definition) is 8. The van der Waals surface area contributed by atoms with Gasteiger partial charge in [-0.15, -0.1) is 0 Å². The Hall–Kier alpha value is -2.58. The summed E-state index contributed by atoms with van der Waals surface area (Å²) in [6, 6.07) is -3.34. The number of amides is 3. The zero-order valence-electron chi connectivity index (χ0n) is 17.7. The predicted octanol–water partition coefficient (Wildman–Crippen LogP) is -3.33. The van der Waals surface area contributed by atoms with Crippen LogP contribution in [0.2, 0.25) is 0 Å². The average molecular weight is 464 g/mol. The molecule has 0 spiro atoms. The van der Waals surface area contributed by atoms with Crippen LogP contribution in [0, 0.1) is 0 Å². The van der Waals surface area contributed by atoms with Gasteiger partial charge >= 0.3 is 5.97 Å². The fourth-order valence-electron chi connectivity index (χ4n) is 2.29. The summed E-state index contributed by atoms with van der Waals surface area (Å²) >= 11 is 1.45. The minimum absolute atomic E-state index is 0.0927. The van der Waals surface area contributed by atoms with Crippen LogP contribution in [0.15, 0.2) is 4.99 Å². The third-order valence-electron chi connectivity index (χ3n) is 4.07. The molecule has 178 valence electrons. The number of nitrogens with zero attached hydrogens (tertiary/aromatic N) is 1. The van der Waals surface area contributed by atoms with Crippen molar-refractivity contribution in [2.75, 3.05) is 25.1 Å². The van der Waals surface area contributed by atoms with Crippen LogP contribution < -0.4 is 33.2 Å². The summed E-state index contributed by atoms with van der Waals surface area (Å²) in [5, 5.41) is 25.8. The van der Waals surface area contributed by atoms with E-state index in [0.29, 0.717) is 12.2 Å². The van der Waals surface area contributed by atoms with Crippen molar-refractivity contribution in [2.24, 2.45) is 22.2 Å². The molecule has 3 amide bonds. The van der Waals surface area contributed by atoms with Crippen LogP contribution in [0.5, 0.6) is 0 Å². The average Bonchev–Trinajstić information content (AvgIpc) is 2.70. The smallest absolute Gasteiger partial charge is 0.326 e. The minimum atomic E-state index is -1.23. The number of aliphatic imine (C=N–C) groups is 1. The third-order valence-corrected chi connectivity index (χ3v) is 4.71. The van der Waals surface area contributed by atoms with Gasteiger partial charge in [-0.1, -0.05) is 0 Å². The molecular formula is C17H33N7O6S. The molecule has 0 aliphatic carbocycles. The van der Waals surface area contributed by atoms with Crippen molar-refractivity contribution in [1.29, 1.82) is 0 Å². The van der Waals surface area contributed by atoms with Gasteiger partial charge in [0.2, 0.25) is 17.7 Å². The lowest BCUT2D eigenvalue weighted by Gasteiger charge is -2.21. The van der Waals surface area contributed by atoms with Gasteiger partial charge in [-0.25, -0.2) is 4.79 Å². The molecule has 14 heteroatoms. The molecule has 0 radical (unpaired) electrons. The van der Waals surface area contributed by atoms with Crippen LogP contribution in [0.4, 0.5) is 0 Å². The number of hydrogen-bond donors (Lipinski definition) is 8. The summed E-state index contributed by atoms with van der Waals surface area (Å²) in [4.78, 5) is 51.5. The first-order valence-corrected chi connectivity index (χ1v) is 11.0. The van der Waals surface area contributed by atoms with E-state index in [9.17, 15) is 29.4 Å². The van der Waals surface area contributed by atoms with E-state index in [2.05, 4.69) is 20.9 Å². The van der Waals surface area contributed by atoms with E-state index < -0.39 is 54.5 Å². The number of carbonyl (C=O) groups is 4. The van der Waals surface area contributed by atoms with E-state index in [0.717, 1.165) is 0 Å². The SMILES string of the molecule is CSCCC(NC(=O)C(N)C(C)O)C(=O)NCC(=O)NC(CCCN=C(N)N)C(=O)O. The van der Waals surface area contributed by atoms with Gasteiger partial charge in [0, 0.05) is 6.54 Å². The molecule has 4 unspecified atom stereocenters. The fourth-order valence-corrected chi connectivity index (χ4v) is 2.76. The fraction of sp³-hybridized carbons (Fsp3) is 0.706. The zero-order chi connectivity index (χ0) is 24.0. The molecule has 0 rings (SSSR count). The van der Waals surface area contributed by atoms with Gasteiger partial charge in [0.05, 0.1) is 12.6 Å². The molecule has 0 aromatic heterocycles. The molecule has 0 aliphatic rings. The molecule has 11 N–H and O–H groups in total. The number of aliphatic hydroxyl groups is 1. The topological polar surface area (TPSA) is 235 Å². The van der Waals surface area contributed by atoms with Crippen LogP contribution in [0.1, 0.15) is 26.2 Å². The summed E-state index contributed by atoms with van der Waals surface area (Å²) < 4.78 is 0. The summed E-state index contributed by atoms with van der Waals surface area (Å²) in [6.45, 7) is 1.08. The number of nitrogens with two attached hydrogens (primary N) is 3. The number of aliphatic carboxylic acids is 1. The number of aliphatic hydroxyl groups excluding tert-OH is 1. The van der Waals surface area contributed by atoms with E-state index >= 15 is 0 Å². The van der Waals surface area contributed by atoms with Crippen molar-refractivity contribution >= 4 is 41.4 Å². The van der Waals surface area contributed by atoms with E-state index in [4.69, 9.17) is 17.2 Å². The number of rotatable bonds is 15. The predicted molar refractivity (Wildman–Crippen MR) is 117 cm³/mol. The molecule has 0 heterocycles. The summed E-state index contributed by atoms with van der Waals surface area (Å²) in [5.74, 6) is -2.84. The first-order chi connectivity index (χ1) is 14.5. The summed E-state index contributed by atoms with van der Waals surface area (Å²) in [6.07, 6.45) is 1.42. The van der Waals surface area contributed by atoms with Crippen LogP contribution in [0.25, 0.3) is 0 Å². The van der Waals surface area contributed by atoms with E-state index in [1.54, 1.807) is 0 Å². The first kappa shape index (κ1) is 28.4. The van der Waals surface area contributed by atoms with Crippen molar-refractivity contribution in [3.8, 4) is 0 Å². The van der Waals surface area contributed by atoms with Crippen LogP contribution in [-0.2, 0) is 19.2 Å². The molecule has 31 heavy (non-hydrogen) atoms. The second-order valence-corrected chi connectivity index (χ2v) is 7.72. The zero-order valence-corrected chi connectivity index (χ0v) is 18.5. The van der Waals surface area contributed by atoms with Gasteiger partial charge in [0.15, 0.2) is 5.96 Å². The molecule has 4 atom stereocenters. The maximum absolute atomic E-state index is 12.4. The third kappa shape index (κ3) is 12.7. The quantitative estimate of drug-likeness (QED) is 0.0683. The Bertz CT molecular complexity index is 642. The second-order valence-electron chi connectivity index (χ2n) is 6.73. The molecule has 0 saturated heterocycles. The maximum atomic E-state index is 12.4. The highest BCUT2D eigenvalue weighted by Crippen LogP contribution is 2.03. The van der Waals surface area contributed by atoms with Crippen LogP contribution in [0.3, 0.4) is 0 Å². The Kier molecular flexibility index (Phi) is 14.0. The lowest BCUT2D eigenvalue weighted by atomic mass is 10.1. The molecule has 0 aliphatic heterocycles. The Morgan fingerprint density at radius 1 is 1.06 bits per heavy atom. The lowest BCUT2D eigenvalue weighted by Crippen LogP contribution is -2.55. The molecule has 0 bridgehead atoms. The molecule has 0 aromatic carbocycles. The van der Waals surface area contributed by atoms with Crippen LogP contribution in [-0.4, -0.2) is 89.2 Å². The Labute approximate surface area is 185 Å². The molecule has 13 nitrogen and oxygen atoms in total. The van der Waals surface area contributed by atoms with Crippen molar-refractivity contribution in [2.45, 2.75) is 50.4 Å².